The van der Waals surface area contributed by atoms with E-state index < -0.39 is 0 Å². The number of aromatic nitrogens is 4. The number of rotatable bonds is 3. The van der Waals surface area contributed by atoms with Crippen LogP contribution < -0.4 is 9.80 Å². The van der Waals surface area contributed by atoms with Gasteiger partial charge in [-0.2, -0.15) is 5.10 Å². The van der Waals surface area contributed by atoms with Gasteiger partial charge in [0, 0.05) is 48.6 Å². The minimum atomic E-state index is 0.773. The molecule has 0 N–H and O–H groups in total. The quantitative estimate of drug-likeness (QED) is 0.710. The normalized spacial score (nSPS) is 14.7. The third-order valence-corrected chi connectivity index (χ3v) is 4.88. The van der Waals surface area contributed by atoms with E-state index in [2.05, 4.69) is 30.9 Å². The highest BCUT2D eigenvalue weighted by Gasteiger charge is 2.19. The van der Waals surface area contributed by atoms with Gasteiger partial charge in [0.2, 0.25) is 0 Å². The van der Waals surface area contributed by atoms with E-state index in [9.17, 15) is 0 Å². The Morgan fingerprint density at radius 1 is 0.885 bits per heavy atom. The van der Waals surface area contributed by atoms with Crippen LogP contribution in [0.5, 0.6) is 0 Å². The van der Waals surface area contributed by atoms with E-state index in [0.29, 0.717) is 0 Å². The summed E-state index contributed by atoms with van der Waals surface area (Å²) in [7, 11) is 0. The minimum Gasteiger partial charge on any atom is -0.368 e. The molecule has 134 valence electrons. The number of nitrogens with zero attached hydrogens (tertiary/aromatic N) is 6. The largest absolute Gasteiger partial charge is 0.368 e. The Morgan fingerprint density at radius 3 is 2.31 bits per heavy atom. The summed E-state index contributed by atoms with van der Waals surface area (Å²) >= 11 is 6.12. The maximum absolute atomic E-state index is 6.12. The van der Waals surface area contributed by atoms with Crippen molar-refractivity contribution >= 4 is 23.1 Å². The molecule has 1 aliphatic rings. The van der Waals surface area contributed by atoms with Gasteiger partial charge in [0.05, 0.1) is 5.69 Å². The van der Waals surface area contributed by atoms with Crippen molar-refractivity contribution in [3.05, 3.63) is 59.1 Å². The fourth-order valence-corrected chi connectivity index (χ4v) is 3.54. The van der Waals surface area contributed by atoms with Crippen LogP contribution in [0.15, 0.2) is 42.7 Å². The standard InChI is InChI=1S/C19H21ClN6/c1-14-10-15(2)26(23-14)19-12-18(21-13-22-19)25-8-6-24(7-9-25)17-5-3-4-16(20)11-17/h3-5,10-13H,6-9H2,1-2H3. The summed E-state index contributed by atoms with van der Waals surface area (Å²) in [6, 6.07) is 12.1. The first-order chi connectivity index (χ1) is 12.6. The second-order valence-electron chi connectivity index (χ2n) is 6.53. The summed E-state index contributed by atoms with van der Waals surface area (Å²) < 4.78 is 1.86. The summed E-state index contributed by atoms with van der Waals surface area (Å²) in [5.41, 5.74) is 3.22. The van der Waals surface area contributed by atoms with Crippen LogP contribution in [0, 0.1) is 13.8 Å². The highest BCUT2D eigenvalue weighted by Crippen LogP contribution is 2.23. The van der Waals surface area contributed by atoms with Crippen LogP contribution in [0.25, 0.3) is 5.82 Å². The average Bonchev–Trinajstić information content (AvgIpc) is 3.00. The first-order valence-corrected chi connectivity index (χ1v) is 9.09. The average molecular weight is 369 g/mol. The van der Waals surface area contributed by atoms with Gasteiger partial charge in [-0.1, -0.05) is 17.7 Å². The third-order valence-electron chi connectivity index (χ3n) is 4.64. The van der Waals surface area contributed by atoms with E-state index in [0.717, 1.165) is 54.2 Å². The van der Waals surface area contributed by atoms with Crippen molar-refractivity contribution in [1.29, 1.82) is 0 Å². The van der Waals surface area contributed by atoms with Crippen LogP contribution >= 0.6 is 11.6 Å². The van der Waals surface area contributed by atoms with Gasteiger partial charge in [-0.3, -0.25) is 0 Å². The maximum Gasteiger partial charge on any atom is 0.159 e. The zero-order valence-corrected chi connectivity index (χ0v) is 15.7. The molecule has 26 heavy (non-hydrogen) atoms. The van der Waals surface area contributed by atoms with Crippen LogP contribution in [0.1, 0.15) is 11.4 Å². The summed E-state index contributed by atoms with van der Waals surface area (Å²) in [6.07, 6.45) is 1.62. The van der Waals surface area contributed by atoms with E-state index >= 15 is 0 Å². The number of aryl methyl sites for hydroxylation is 2. The molecule has 0 amide bonds. The monoisotopic (exact) mass is 368 g/mol. The van der Waals surface area contributed by atoms with Crippen molar-refractivity contribution in [3.63, 3.8) is 0 Å². The lowest BCUT2D eigenvalue weighted by Gasteiger charge is -2.36. The molecule has 0 atom stereocenters. The zero-order chi connectivity index (χ0) is 18.1. The Hall–Kier alpha value is -2.60. The predicted octanol–water partition coefficient (Wildman–Crippen LogP) is 3.26. The lowest BCUT2D eigenvalue weighted by Crippen LogP contribution is -2.46. The lowest BCUT2D eigenvalue weighted by molar-refractivity contribution is 0.645. The Balaban J connectivity index is 1.50. The molecule has 1 aromatic carbocycles. The fraction of sp³-hybridized carbons (Fsp3) is 0.316. The first kappa shape index (κ1) is 16.8. The molecule has 1 fully saturated rings. The first-order valence-electron chi connectivity index (χ1n) is 8.71. The Bertz CT molecular complexity index is 914. The van der Waals surface area contributed by atoms with Gasteiger partial charge in [-0.25, -0.2) is 14.6 Å². The van der Waals surface area contributed by atoms with Crippen molar-refractivity contribution in [2.24, 2.45) is 0 Å². The van der Waals surface area contributed by atoms with Crippen molar-refractivity contribution in [1.82, 2.24) is 19.7 Å². The summed E-state index contributed by atoms with van der Waals surface area (Å²) in [5.74, 6) is 1.74. The molecule has 2 aromatic heterocycles. The van der Waals surface area contributed by atoms with E-state index in [4.69, 9.17) is 11.6 Å². The molecular weight excluding hydrogens is 348 g/mol. The topological polar surface area (TPSA) is 50.1 Å². The molecule has 7 heteroatoms. The highest BCUT2D eigenvalue weighted by molar-refractivity contribution is 6.30. The maximum atomic E-state index is 6.12. The predicted molar refractivity (Wildman–Crippen MR) is 105 cm³/mol. The third kappa shape index (κ3) is 3.37. The van der Waals surface area contributed by atoms with E-state index in [1.807, 2.05) is 48.9 Å². The molecule has 3 heterocycles. The number of hydrogen-bond acceptors (Lipinski definition) is 5. The van der Waals surface area contributed by atoms with Crippen molar-refractivity contribution in [3.8, 4) is 5.82 Å². The molecule has 3 aromatic rings. The van der Waals surface area contributed by atoms with Crippen LogP contribution in [0.2, 0.25) is 5.02 Å². The van der Waals surface area contributed by atoms with Crippen LogP contribution in [-0.2, 0) is 0 Å². The van der Waals surface area contributed by atoms with Gasteiger partial charge in [0.25, 0.3) is 0 Å². The summed E-state index contributed by atoms with van der Waals surface area (Å²) in [5, 5.41) is 5.29. The van der Waals surface area contributed by atoms with Crippen LogP contribution in [-0.4, -0.2) is 45.9 Å². The van der Waals surface area contributed by atoms with Crippen molar-refractivity contribution in [2.45, 2.75) is 13.8 Å². The zero-order valence-electron chi connectivity index (χ0n) is 14.9. The highest BCUT2D eigenvalue weighted by atomic mass is 35.5. The van der Waals surface area contributed by atoms with Crippen molar-refractivity contribution < 1.29 is 0 Å². The molecule has 1 aliphatic heterocycles. The van der Waals surface area contributed by atoms with E-state index in [1.165, 1.54) is 5.69 Å². The Labute approximate surface area is 158 Å². The Kier molecular flexibility index (Phi) is 4.51. The number of piperazine rings is 1. The van der Waals surface area contributed by atoms with Gasteiger partial charge in [0.1, 0.15) is 12.1 Å². The van der Waals surface area contributed by atoms with E-state index in [-0.39, 0.29) is 0 Å². The smallest absolute Gasteiger partial charge is 0.159 e. The summed E-state index contributed by atoms with van der Waals surface area (Å²) in [4.78, 5) is 13.5. The van der Waals surface area contributed by atoms with Gasteiger partial charge < -0.3 is 9.80 Å². The second kappa shape index (κ2) is 6.96. The molecule has 0 unspecified atom stereocenters. The van der Waals surface area contributed by atoms with Crippen molar-refractivity contribution in [2.75, 3.05) is 36.0 Å². The molecule has 6 nitrogen and oxygen atoms in total. The number of anilines is 2. The van der Waals surface area contributed by atoms with Gasteiger partial charge in [-0.15, -0.1) is 0 Å². The lowest BCUT2D eigenvalue weighted by atomic mass is 10.2. The SMILES string of the molecule is Cc1cc(C)n(-c2cc(N3CCN(c4cccc(Cl)c4)CC3)ncn2)n1. The molecule has 0 aliphatic carbocycles. The Morgan fingerprint density at radius 2 is 1.62 bits per heavy atom. The van der Waals surface area contributed by atoms with Gasteiger partial charge >= 0.3 is 0 Å². The van der Waals surface area contributed by atoms with E-state index in [1.54, 1.807) is 6.33 Å². The minimum absolute atomic E-state index is 0.773. The molecular formula is C19H21ClN6. The molecule has 1 saturated heterocycles. The summed E-state index contributed by atoms with van der Waals surface area (Å²) in [6.45, 7) is 7.69. The van der Waals surface area contributed by atoms with Gasteiger partial charge in [-0.05, 0) is 38.1 Å². The molecule has 0 bridgehead atoms. The molecule has 0 radical (unpaired) electrons. The molecule has 4 rings (SSSR count). The van der Waals surface area contributed by atoms with Gasteiger partial charge in [0.15, 0.2) is 5.82 Å². The fourth-order valence-electron chi connectivity index (χ4n) is 3.35. The van der Waals surface area contributed by atoms with Crippen LogP contribution in [0.4, 0.5) is 11.5 Å². The molecule has 0 spiro atoms. The number of hydrogen-bond donors (Lipinski definition) is 0. The number of halogens is 1. The molecule has 0 saturated carbocycles. The van der Waals surface area contributed by atoms with Crippen LogP contribution in [0.3, 0.4) is 0 Å². The second-order valence-corrected chi connectivity index (χ2v) is 6.96. The number of benzene rings is 1.